The molecule has 0 bridgehead atoms. The first kappa shape index (κ1) is 21.6. The van der Waals surface area contributed by atoms with Crippen LogP contribution in [0.1, 0.15) is 16.7 Å². The van der Waals surface area contributed by atoms with Gasteiger partial charge in [-0.2, -0.15) is 0 Å². The molecular weight excluding hydrogens is 449 g/mol. The summed E-state index contributed by atoms with van der Waals surface area (Å²) in [6.45, 7) is 2.05. The Bertz CT molecular complexity index is 1060. The molecule has 0 heterocycles. The number of benzene rings is 3. The van der Waals surface area contributed by atoms with E-state index < -0.39 is 0 Å². The zero-order chi connectivity index (χ0) is 21.5. The number of rotatable bonds is 7. The minimum Gasteiger partial charge on any atom is -0.493 e. The van der Waals surface area contributed by atoms with E-state index in [9.17, 15) is 9.18 Å². The molecule has 4 nitrogen and oxygen atoms in total. The Balaban J connectivity index is 1.71. The van der Waals surface area contributed by atoms with Gasteiger partial charge in [-0.25, -0.2) is 4.39 Å². The molecule has 0 aliphatic carbocycles. The van der Waals surface area contributed by atoms with Gasteiger partial charge in [-0.15, -0.1) is 0 Å². The molecule has 3 aromatic carbocycles. The highest BCUT2D eigenvalue weighted by Gasteiger charge is 2.12. The third kappa shape index (κ3) is 5.70. The highest BCUT2D eigenvalue weighted by molar-refractivity contribution is 9.10. The van der Waals surface area contributed by atoms with E-state index in [1.165, 1.54) is 19.3 Å². The minimum absolute atomic E-state index is 0.0653. The van der Waals surface area contributed by atoms with Crippen molar-refractivity contribution < 1.29 is 18.7 Å². The van der Waals surface area contributed by atoms with Gasteiger partial charge >= 0.3 is 0 Å². The number of methoxy groups -OCH3 is 1. The molecule has 154 valence electrons. The predicted octanol–water partition coefficient (Wildman–Crippen LogP) is 6.14. The second-order valence-electron chi connectivity index (χ2n) is 6.60. The largest absolute Gasteiger partial charge is 0.493 e. The van der Waals surface area contributed by atoms with E-state index in [-0.39, 0.29) is 18.3 Å². The summed E-state index contributed by atoms with van der Waals surface area (Å²) >= 11 is 3.47. The van der Waals surface area contributed by atoms with E-state index in [4.69, 9.17) is 9.47 Å². The molecule has 6 heteroatoms. The monoisotopic (exact) mass is 469 g/mol. The van der Waals surface area contributed by atoms with Crippen molar-refractivity contribution in [2.45, 2.75) is 13.5 Å². The van der Waals surface area contributed by atoms with Crippen LogP contribution in [0.25, 0.3) is 6.08 Å². The van der Waals surface area contributed by atoms with Gasteiger partial charge < -0.3 is 14.8 Å². The first-order valence-corrected chi connectivity index (χ1v) is 10.0. The van der Waals surface area contributed by atoms with Crippen LogP contribution in [0.15, 0.2) is 71.2 Å². The van der Waals surface area contributed by atoms with Crippen LogP contribution >= 0.6 is 15.9 Å². The number of hydrogen-bond donors (Lipinski definition) is 1. The fraction of sp³-hybridized carbons (Fsp3) is 0.125. The summed E-state index contributed by atoms with van der Waals surface area (Å²) in [6, 6.07) is 17.6. The van der Waals surface area contributed by atoms with Crippen LogP contribution in [0, 0.1) is 12.7 Å². The van der Waals surface area contributed by atoms with E-state index in [2.05, 4.69) is 21.2 Å². The fourth-order valence-corrected chi connectivity index (χ4v) is 3.31. The maximum atomic E-state index is 13.8. The summed E-state index contributed by atoms with van der Waals surface area (Å²) in [7, 11) is 1.52. The molecule has 3 aromatic rings. The van der Waals surface area contributed by atoms with Crippen molar-refractivity contribution in [3.63, 3.8) is 0 Å². The van der Waals surface area contributed by atoms with Crippen molar-refractivity contribution in [3.05, 3.63) is 93.7 Å². The Morgan fingerprint density at radius 1 is 1.13 bits per heavy atom. The minimum atomic E-state index is -0.327. The van der Waals surface area contributed by atoms with Gasteiger partial charge in [-0.3, -0.25) is 4.79 Å². The number of carbonyl (C=O) groups is 1. The lowest BCUT2D eigenvalue weighted by Crippen LogP contribution is -2.07. The number of aryl methyl sites for hydroxylation is 1. The van der Waals surface area contributed by atoms with Crippen LogP contribution in [0.3, 0.4) is 0 Å². The second-order valence-corrected chi connectivity index (χ2v) is 7.46. The maximum absolute atomic E-state index is 13.8. The number of carbonyl (C=O) groups excluding carboxylic acids is 1. The lowest BCUT2D eigenvalue weighted by molar-refractivity contribution is -0.111. The summed E-state index contributed by atoms with van der Waals surface area (Å²) in [5.74, 6) is 0.363. The van der Waals surface area contributed by atoms with Crippen LogP contribution in [0.2, 0.25) is 0 Å². The smallest absolute Gasteiger partial charge is 0.248 e. The van der Waals surface area contributed by atoms with Gasteiger partial charge in [0.15, 0.2) is 11.5 Å². The SMILES string of the molecule is COc1cc(/C=C/C(=O)Nc2ccc(C)cc2)cc(Br)c1OCc1ccccc1F. The summed E-state index contributed by atoms with van der Waals surface area (Å²) in [6.07, 6.45) is 3.12. The average Bonchev–Trinajstić information content (AvgIpc) is 2.74. The molecule has 1 amide bonds. The molecule has 0 aromatic heterocycles. The van der Waals surface area contributed by atoms with E-state index >= 15 is 0 Å². The van der Waals surface area contributed by atoms with Crippen LogP contribution in [0.5, 0.6) is 11.5 Å². The van der Waals surface area contributed by atoms with Gasteiger partial charge in [0.05, 0.1) is 11.6 Å². The van der Waals surface area contributed by atoms with Gasteiger partial charge in [0.1, 0.15) is 12.4 Å². The summed E-state index contributed by atoms with van der Waals surface area (Å²) in [4.78, 5) is 12.2. The molecule has 0 aliphatic rings. The Morgan fingerprint density at radius 3 is 2.57 bits per heavy atom. The number of ether oxygens (including phenoxy) is 2. The molecule has 0 radical (unpaired) electrons. The molecule has 1 N–H and O–H groups in total. The standard InChI is InChI=1S/C24H21BrFNO3/c1-16-7-10-19(11-8-16)27-23(28)12-9-17-13-20(25)24(22(14-17)29-2)30-15-18-5-3-4-6-21(18)26/h3-14H,15H2,1-2H3,(H,27,28)/b12-9+. The highest BCUT2D eigenvalue weighted by Crippen LogP contribution is 2.37. The highest BCUT2D eigenvalue weighted by atomic mass is 79.9. The molecule has 0 saturated heterocycles. The van der Waals surface area contributed by atoms with Crippen molar-refractivity contribution >= 4 is 33.6 Å². The molecule has 30 heavy (non-hydrogen) atoms. The lowest BCUT2D eigenvalue weighted by atomic mass is 10.1. The predicted molar refractivity (Wildman–Crippen MR) is 120 cm³/mol. The lowest BCUT2D eigenvalue weighted by Gasteiger charge is -2.14. The van der Waals surface area contributed by atoms with Crippen molar-refractivity contribution in [1.82, 2.24) is 0 Å². The first-order chi connectivity index (χ1) is 14.5. The Morgan fingerprint density at radius 2 is 1.87 bits per heavy atom. The molecule has 0 spiro atoms. The Kier molecular flexibility index (Phi) is 7.25. The van der Waals surface area contributed by atoms with Crippen LogP contribution < -0.4 is 14.8 Å². The van der Waals surface area contributed by atoms with Gasteiger partial charge in [0.25, 0.3) is 0 Å². The van der Waals surface area contributed by atoms with Gasteiger partial charge in [0.2, 0.25) is 5.91 Å². The average molecular weight is 470 g/mol. The summed E-state index contributed by atoms with van der Waals surface area (Å²) < 4.78 is 25.7. The normalized spacial score (nSPS) is 10.8. The molecule has 0 fully saturated rings. The van der Waals surface area contributed by atoms with Gasteiger partial charge in [-0.1, -0.05) is 35.9 Å². The first-order valence-electron chi connectivity index (χ1n) is 9.25. The van der Waals surface area contributed by atoms with Gasteiger partial charge in [0, 0.05) is 17.3 Å². The number of hydrogen-bond acceptors (Lipinski definition) is 3. The fourth-order valence-electron chi connectivity index (χ4n) is 2.73. The van der Waals surface area contributed by atoms with E-state index in [0.717, 1.165) is 16.8 Å². The van der Waals surface area contributed by atoms with E-state index in [1.807, 2.05) is 31.2 Å². The van der Waals surface area contributed by atoms with Crippen LogP contribution in [0.4, 0.5) is 10.1 Å². The zero-order valence-corrected chi connectivity index (χ0v) is 18.2. The molecule has 3 rings (SSSR count). The number of nitrogens with one attached hydrogen (secondary N) is 1. The number of anilines is 1. The number of amides is 1. The van der Waals surface area contributed by atoms with E-state index in [1.54, 1.807) is 36.4 Å². The third-order valence-electron chi connectivity index (χ3n) is 4.33. The second kappa shape index (κ2) is 10.1. The van der Waals surface area contributed by atoms with Crippen LogP contribution in [-0.4, -0.2) is 13.0 Å². The van der Waals surface area contributed by atoms with Crippen molar-refractivity contribution in [3.8, 4) is 11.5 Å². The summed E-state index contributed by atoms with van der Waals surface area (Å²) in [5, 5.41) is 2.81. The Hall–Kier alpha value is -3.12. The molecule has 0 saturated carbocycles. The number of halogens is 2. The topological polar surface area (TPSA) is 47.6 Å². The van der Waals surface area contributed by atoms with E-state index in [0.29, 0.717) is 21.5 Å². The van der Waals surface area contributed by atoms with Crippen molar-refractivity contribution in [2.75, 3.05) is 12.4 Å². The summed E-state index contributed by atoms with van der Waals surface area (Å²) in [5.41, 5.74) is 3.04. The molecular formula is C24H21BrFNO3. The third-order valence-corrected chi connectivity index (χ3v) is 4.92. The Labute approximate surface area is 183 Å². The zero-order valence-electron chi connectivity index (χ0n) is 16.6. The quantitative estimate of drug-likeness (QED) is 0.423. The maximum Gasteiger partial charge on any atom is 0.248 e. The van der Waals surface area contributed by atoms with Crippen molar-refractivity contribution in [2.24, 2.45) is 0 Å². The van der Waals surface area contributed by atoms with Gasteiger partial charge in [-0.05, 0) is 64.8 Å². The molecule has 0 unspecified atom stereocenters. The van der Waals surface area contributed by atoms with Crippen molar-refractivity contribution in [1.29, 1.82) is 0 Å². The molecule has 0 aliphatic heterocycles. The molecule has 0 atom stereocenters. The van der Waals surface area contributed by atoms with Crippen LogP contribution in [-0.2, 0) is 11.4 Å².